The first-order valence-corrected chi connectivity index (χ1v) is 11.1. The lowest BCUT2D eigenvalue weighted by Crippen LogP contribution is -2.38. The standard InChI is InChI=1S/C21H26N6O2S/c28-19-18(30-21(29)27-19)13-17-9-12-24-20(26-17)25-16-6-4-15(5-7-16)23-11-8-14-3-1-2-10-22-14/h1-3,9-10,12-13,15-16,21,23,29H,4-8,11H2,(H,27,28)(H,24,25,26). The first kappa shape index (κ1) is 20.8. The monoisotopic (exact) mass is 426 g/mol. The molecule has 0 bridgehead atoms. The summed E-state index contributed by atoms with van der Waals surface area (Å²) in [5, 5.41) is 19.0. The number of rotatable bonds is 7. The van der Waals surface area contributed by atoms with E-state index in [-0.39, 0.29) is 5.91 Å². The molecule has 2 aromatic rings. The maximum absolute atomic E-state index is 11.7. The Bertz CT molecular complexity index is 886. The smallest absolute Gasteiger partial charge is 0.260 e. The molecule has 1 saturated carbocycles. The highest BCUT2D eigenvalue weighted by Crippen LogP contribution is 2.27. The molecule has 0 radical (unpaired) electrons. The van der Waals surface area contributed by atoms with Crippen LogP contribution in [0, 0.1) is 0 Å². The Morgan fingerprint density at radius 2 is 1.97 bits per heavy atom. The third-order valence-electron chi connectivity index (χ3n) is 5.27. The number of anilines is 1. The maximum atomic E-state index is 11.7. The van der Waals surface area contributed by atoms with Crippen molar-refractivity contribution in [3.63, 3.8) is 0 Å². The fourth-order valence-electron chi connectivity index (χ4n) is 3.72. The lowest BCUT2D eigenvalue weighted by atomic mass is 9.91. The van der Waals surface area contributed by atoms with Gasteiger partial charge in [0.2, 0.25) is 5.95 Å². The fourth-order valence-corrected chi connectivity index (χ4v) is 4.48. The normalized spacial score (nSPS) is 25.3. The van der Waals surface area contributed by atoms with Crippen LogP contribution in [-0.2, 0) is 11.2 Å². The van der Waals surface area contributed by atoms with Gasteiger partial charge in [0.25, 0.3) is 5.91 Å². The van der Waals surface area contributed by atoms with Crippen molar-refractivity contribution in [3.8, 4) is 0 Å². The number of aromatic nitrogens is 3. The van der Waals surface area contributed by atoms with Crippen molar-refractivity contribution in [1.29, 1.82) is 0 Å². The van der Waals surface area contributed by atoms with Gasteiger partial charge < -0.3 is 21.1 Å². The number of amides is 1. The van der Waals surface area contributed by atoms with Gasteiger partial charge in [-0.25, -0.2) is 9.97 Å². The quantitative estimate of drug-likeness (QED) is 0.497. The summed E-state index contributed by atoms with van der Waals surface area (Å²) >= 11 is 1.08. The minimum atomic E-state index is -0.893. The van der Waals surface area contributed by atoms with Gasteiger partial charge in [0.05, 0.1) is 10.6 Å². The molecule has 0 spiro atoms. The van der Waals surface area contributed by atoms with Gasteiger partial charge in [-0.05, 0) is 50.0 Å². The molecule has 2 aromatic heterocycles. The molecule has 1 unspecified atom stereocenters. The van der Waals surface area contributed by atoms with E-state index in [9.17, 15) is 9.90 Å². The molecule has 4 rings (SSSR count). The molecule has 1 atom stereocenters. The largest absolute Gasteiger partial charge is 0.364 e. The second kappa shape index (κ2) is 10.0. The van der Waals surface area contributed by atoms with E-state index < -0.39 is 5.56 Å². The van der Waals surface area contributed by atoms with Gasteiger partial charge in [-0.15, -0.1) is 0 Å². The summed E-state index contributed by atoms with van der Waals surface area (Å²) in [6.07, 6.45) is 10.5. The second-order valence-corrected chi connectivity index (χ2v) is 8.60. The van der Waals surface area contributed by atoms with Crippen LogP contribution in [0.1, 0.15) is 37.1 Å². The van der Waals surface area contributed by atoms with E-state index in [2.05, 4.69) is 37.0 Å². The number of aliphatic hydroxyl groups is 1. The molecule has 0 aromatic carbocycles. The Hall–Kier alpha value is -2.49. The zero-order valence-corrected chi connectivity index (χ0v) is 17.4. The lowest BCUT2D eigenvalue weighted by molar-refractivity contribution is -0.117. The topological polar surface area (TPSA) is 112 Å². The van der Waals surface area contributed by atoms with Gasteiger partial charge in [0.1, 0.15) is 0 Å². The minimum Gasteiger partial charge on any atom is -0.364 e. The summed E-state index contributed by atoms with van der Waals surface area (Å²) < 4.78 is 0. The van der Waals surface area contributed by atoms with Crippen LogP contribution in [0.15, 0.2) is 41.6 Å². The van der Waals surface area contributed by atoms with Crippen molar-refractivity contribution in [1.82, 2.24) is 25.6 Å². The number of nitrogens with zero attached hydrogens (tertiary/aromatic N) is 3. The van der Waals surface area contributed by atoms with E-state index >= 15 is 0 Å². The van der Waals surface area contributed by atoms with E-state index in [0.29, 0.717) is 28.6 Å². The first-order chi connectivity index (χ1) is 14.7. The zero-order valence-electron chi connectivity index (χ0n) is 16.6. The third kappa shape index (κ3) is 5.78. The molecule has 3 heterocycles. The van der Waals surface area contributed by atoms with Crippen LogP contribution in [-0.4, -0.2) is 50.2 Å². The third-order valence-corrected chi connectivity index (χ3v) is 6.17. The lowest BCUT2D eigenvalue weighted by Gasteiger charge is -2.29. The van der Waals surface area contributed by atoms with E-state index in [0.717, 1.165) is 56.1 Å². The summed E-state index contributed by atoms with van der Waals surface area (Å²) in [5.41, 5.74) is 0.871. The molecular formula is C21H26N6O2S. The van der Waals surface area contributed by atoms with E-state index in [1.807, 2.05) is 18.3 Å². The number of hydrogen-bond acceptors (Lipinski definition) is 8. The molecule has 30 heavy (non-hydrogen) atoms. The fraction of sp³-hybridized carbons (Fsp3) is 0.429. The highest BCUT2D eigenvalue weighted by Gasteiger charge is 2.25. The molecule has 8 nitrogen and oxygen atoms in total. The van der Waals surface area contributed by atoms with Gasteiger partial charge in [0, 0.05) is 43.1 Å². The highest BCUT2D eigenvalue weighted by molar-refractivity contribution is 8.05. The molecule has 2 aliphatic rings. The summed E-state index contributed by atoms with van der Waals surface area (Å²) in [6, 6.07) is 8.65. The molecule has 2 fully saturated rings. The zero-order chi connectivity index (χ0) is 20.8. The van der Waals surface area contributed by atoms with Gasteiger partial charge in [-0.3, -0.25) is 9.78 Å². The SMILES string of the molecule is O=C1NC(O)SC1=Cc1ccnc(NC2CCC(NCCc3ccccn3)CC2)n1. The molecular weight excluding hydrogens is 400 g/mol. The Morgan fingerprint density at radius 1 is 1.13 bits per heavy atom. The van der Waals surface area contributed by atoms with Crippen molar-refractivity contribution >= 4 is 29.7 Å². The number of pyridine rings is 1. The average molecular weight is 427 g/mol. The van der Waals surface area contributed by atoms with E-state index in [1.165, 1.54) is 0 Å². The van der Waals surface area contributed by atoms with Crippen molar-refractivity contribution in [2.75, 3.05) is 11.9 Å². The summed E-state index contributed by atoms with van der Waals surface area (Å²) in [7, 11) is 0. The number of hydrogen-bond donors (Lipinski definition) is 4. The number of carbonyl (C=O) groups excluding carboxylic acids is 1. The summed E-state index contributed by atoms with van der Waals surface area (Å²) in [4.78, 5) is 25.4. The predicted molar refractivity (Wildman–Crippen MR) is 117 cm³/mol. The molecule has 9 heteroatoms. The van der Waals surface area contributed by atoms with Crippen molar-refractivity contribution < 1.29 is 9.90 Å². The number of aliphatic hydroxyl groups excluding tert-OH is 1. The van der Waals surface area contributed by atoms with Crippen molar-refractivity contribution in [2.24, 2.45) is 0 Å². The minimum absolute atomic E-state index is 0.283. The number of carbonyl (C=O) groups is 1. The average Bonchev–Trinajstić information content (AvgIpc) is 3.07. The molecule has 158 valence electrons. The van der Waals surface area contributed by atoms with Gasteiger partial charge in [-0.2, -0.15) is 0 Å². The number of thioether (sulfide) groups is 1. The van der Waals surface area contributed by atoms with Crippen molar-refractivity contribution in [3.05, 3.63) is 53.0 Å². The second-order valence-electron chi connectivity index (χ2n) is 7.48. The highest BCUT2D eigenvalue weighted by atomic mass is 32.2. The Morgan fingerprint density at radius 3 is 2.70 bits per heavy atom. The van der Waals surface area contributed by atoms with Gasteiger partial charge >= 0.3 is 0 Å². The predicted octanol–water partition coefficient (Wildman–Crippen LogP) is 1.91. The van der Waals surface area contributed by atoms with Crippen LogP contribution in [0.3, 0.4) is 0 Å². The molecule has 1 aliphatic carbocycles. The molecule has 1 saturated heterocycles. The van der Waals surface area contributed by atoms with Gasteiger partial charge in [0.15, 0.2) is 5.56 Å². The van der Waals surface area contributed by atoms with Crippen LogP contribution >= 0.6 is 11.8 Å². The van der Waals surface area contributed by atoms with Crippen LogP contribution in [0.2, 0.25) is 0 Å². The van der Waals surface area contributed by atoms with Crippen LogP contribution in [0.25, 0.3) is 6.08 Å². The van der Waals surface area contributed by atoms with Crippen molar-refractivity contribution in [2.45, 2.75) is 49.7 Å². The Labute approximate surface area is 180 Å². The van der Waals surface area contributed by atoms with Crippen LogP contribution < -0.4 is 16.0 Å². The van der Waals surface area contributed by atoms with Gasteiger partial charge in [-0.1, -0.05) is 17.8 Å². The first-order valence-electron chi connectivity index (χ1n) is 10.3. The summed E-state index contributed by atoms with van der Waals surface area (Å²) in [6.45, 7) is 0.944. The molecule has 1 aliphatic heterocycles. The Kier molecular flexibility index (Phi) is 6.93. The number of nitrogens with one attached hydrogen (secondary N) is 3. The molecule has 4 N–H and O–H groups in total. The Balaban J connectivity index is 1.23. The van der Waals surface area contributed by atoms with Crippen LogP contribution in [0.5, 0.6) is 0 Å². The van der Waals surface area contributed by atoms with E-state index in [4.69, 9.17) is 0 Å². The van der Waals surface area contributed by atoms with E-state index in [1.54, 1.807) is 18.3 Å². The summed E-state index contributed by atoms with van der Waals surface area (Å²) in [5.74, 6) is 0.286. The van der Waals surface area contributed by atoms with Crippen LogP contribution in [0.4, 0.5) is 5.95 Å². The molecule has 1 amide bonds. The maximum Gasteiger partial charge on any atom is 0.260 e.